The van der Waals surface area contributed by atoms with E-state index in [-0.39, 0.29) is 11.6 Å². The first-order valence-electron chi connectivity index (χ1n) is 6.72. The van der Waals surface area contributed by atoms with E-state index < -0.39 is 16.9 Å². The number of aromatic nitrogens is 1. The molecular formula is C15H15N3O5. The number of nitrogens with two attached hydrogens (primary N) is 1. The van der Waals surface area contributed by atoms with E-state index in [9.17, 15) is 14.9 Å². The van der Waals surface area contributed by atoms with Crippen LogP contribution in [0.2, 0.25) is 0 Å². The molecule has 1 aromatic carbocycles. The van der Waals surface area contributed by atoms with Gasteiger partial charge >= 0.3 is 5.69 Å². The molecule has 0 saturated heterocycles. The minimum absolute atomic E-state index is 0.0887. The molecule has 23 heavy (non-hydrogen) atoms. The van der Waals surface area contributed by atoms with Crippen molar-refractivity contribution in [3.05, 3.63) is 52.2 Å². The molecule has 0 aliphatic carbocycles. The number of nitrogens with zero attached hydrogens (tertiary/aromatic N) is 2. The van der Waals surface area contributed by atoms with E-state index in [4.69, 9.17) is 15.2 Å². The molecule has 2 aromatic rings. The van der Waals surface area contributed by atoms with Gasteiger partial charge in [-0.2, -0.15) is 0 Å². The summed E-state index contributed by atoms with van der Waals surface area (Å²) < 4.78 is 10.8. The number of aryl methyl sites for hydroxylation is 1. The van der Waals surface area contributed by atoms with Gasteiger partial charge in [-0.25, -0.2) is 4.98 Å². The number of pyridine rings is 1. The molecule has 0 aliphatic rings. The molecule has 0 bridgehead atoms. The van der Waals surface area contributed by atoms with Gasteiger partial charge in [0, 0.05) is 11.8 Å². The van der Waals surface area contributed by atoms with E-state index >= 15 is 0 Å². The Balaban J connectivity index is 2.18. The van der Waals surface area contributed by atoms with Crippen LogP contribution in [0, 0.1) is 17.0 Å². The lowest BCUT2D eigenvalue weighted by molar-refractivity contribution is -0.386. The molecule has 1 amide bonds. The van der Waals surface area contributed by atoms with E-state index in [1.807, 2.05) is 0 Å². The number of amides is 1. The third-order valence-electron chi connectivity index (χ3n) is 3.03. The molecular weight excluding hydrogens is 302 g/mol. The monoisotopic (exact) mass is 317 g/mol. The number of benzene rings is 1. The SMILES string of the molecule is Cc1ccnc(Oc2ccc(OC(C)C(N)=O)cc2)c1[N+](=O)[O-]. The van der Waals surface area contributed by atoms with Crippen molar-refractivity contribution in [2.24, 2.45) is 5.73 Å². The lowest BCUT2D eigenvalue weighted by Gasteiger charge is -2.11. The van der Waals surface area contributed by atoms with Crippen LogP contribution in [0.1, 0.15) is 12.5 Å². The van der Waals surface area contributed by atoms with Gasteiger partial charge in [0.15, 0.2) is 6.10 Å². The van der Waals surface area contributed by atoms with E-state index in [2.05, 4.69) is 4.98 Å². The number of nitro groups is 1. The summed E-state index contributed by atoms with van der Waals surface area (Å²) in [5.41, 5.74) is 5.38. The molecule has 2 N–H and O–H groups in total. The highest BCUT2D eigenvalue weighted by molar-refractivity contribution is 5.78. The molecule has 0 aliphatic heterocycles. The number of hydrogen-bond acceptors (Lipinski definition) is 6. The van der Waals surface area contributed by atoms with Crippen LogP contribution in [-0.2, 0) is 4.79 Å². The maximum Gasteiger partial charge on any atom is 0.334 e. The van der Waals surface area contributed by atoms with Gasteiger partial charge in [0.25, 0.3) is 11.8 Å². The summed E-state index contributed by atoms with van der Waals surface area (Å²) in [6, 6.07) is 7.77. The first-order chi connectivity index (χ1) is 10.9. The predicted molar refractivity (Wildman–Crippen MR) is 81.4 cm³/mol. The maximum absolute atomic E-state index is 11.1. The molecule has 1 atom stereocenters. The third kappa shape index (κ3) is 3.94. The fourth-order valence-corrected chi connectivity index (χ4v) is 1.78. The fourth-order valence-electron chi connectivity index (χ4n) is 1.78. The maximum atomic E-state index is 11.1. The van der Waals surface area contributed by atoms with Gasteiger partial charge in [-0.05, 0) is 44.2 Å². The molecule has 120 valence electrons. The average molecular weight is 317 g/mol. The van der Waals surface area contributed by atoms with E-state index in [1.165, 1.54) is 19.2 Å². The lowest BCUT2D eigenvalue weighted by atomic mass is 10.2. The summed E-state index contributed by atoms with van der Waals surface area (Å²) in [5.74, 6) is 0.111. The minimum atomic E-state index is -0.763. The second kappa shape index (κ2) is 6.73. The van der Waals surface area contributed by atoms with Gasteiger partial charge in [-0.15, -0.1) is 0 Å². The Morgan fingerprint density at radius 1 is 1.26 bits per heavy atom. The highest BCUT2D eigenvalue weighted by atomic mass is 16.6. The van der Waals surface area contributed by atoms with Gasteiger partial charge in [0.1, 0.15) is 11.5 Å². The topological polar surface area (TPSA) is 118 Å². The molecule has 0 saturated carbocycles. The predicted octanol–water partition coefficient (Wildman–Crippen LogP) is 2.34. The van der Waals surface area contributed by atoms with Gasteiger partial charge in [0.05, 0.1) is 4.92 Å². The summed E-state index contributed by atoms with van der Waals surface area (Å²) >= 11 is 0. The Bertz CT molecular complexity index is 730. The van der Waals surface area contributed by atoms with Crippen molar-refractivity contribution in [3.8, 4) is 17.4 Å². The highest BCUT2D eigenvalue weighted by Gasteiger charge is 2.20. The molecule has 1 unspecified atom stereocenters. The molecule has 2 rings (SSSR count). The minimum Gasteiger partial charge on any atom is -0.481 e. The quantitative estimate of drug-likeness (QED) is 0.645. The zero-order valence-electron chi connectivity index (χ0n) is 12.6. The average Bonchev–Trinajstić information content (AvgIpc) is 2.48. The number of primary amides is 1. The van der Waals surface area contributed by atoms with Crippen molar-refractivity contribution in [3.63, 3.8) is 0 Å². The Morgan fingerprint density at radius 3 is 2.43 bits per heavy atom. The normalized spacial score (nSPS) is 11.6. The van der Waals surface area contributed by atoms with E-state index in [1.54, 1.807) is 31.2 Å². The van der Waals surface area contributed by atoms with Crippen LogP contribution >= 0.6 is 0 Å². The molecule has 8 nitrogen and oxygen atoms in total. The lowest BCUT2D eigenvalue weighted by Crippen LogP contribution is -2.30. The first kappa shape index (κ1) is 16.2. The highest BCUT2D eigenvalue weighted by Crippen LogP contribution is 2.32. The molecule has 0 spiro atoms. The van der Waals surface area contributed by atoms with Crippen LogP contribution in [0.4, 0.5) is 5.69 Å². The first-order valence-corrected chi connectivity index (χ1v) is 6.72. The van der Waals surface area contributed by atoms with Crippen LogP contribution in [0.5, 0.6) is 17.4 Å². The van der Waals surface area contributed by atoms with Crippen molar-refractivity contribution in [2.75, 3.05) is 0 Å². The largest absolute Gasteiger partial charge is 0.481 e. The molecule has 0 fully saturated rings. The number of ether oxygens (including phenoxy) is 2. The number of carbonyl (C=O) groups excluding carboxylic acids is 1. The number of hydrogen-bond donors (Lipinski definition) is 1. The Labute approximate surface area is 132 Å². The van der Waals surface area contributed by atoms with Crippen molar-refractivity contribution < 1.29 is 19.2 Å². The Morgan fingerprint density at radius 2 is 1.87 bits per heavy atom. The molecule has 1 heterocycles. The van der Waals surface area contributed by atoms with Gasteiger partial charge in [-0.3, -0.25) is 14.9 Å². The fraction of sp³-hybridized carbons (Fsp3) is 0.200. The van der Waals surface area contributed by atoms with Crippen LogP contribution in [0.15, 0.2) is 36.5 Å². The van der Waals surface area contributed by atoms with E-state index in [0.717, 1.165) is 0 Å². The van der Waals surface area contributed by atoms with Gasteiger partial charge < -0.3 is 15.2 Å². The van der Waals surface area contributed by atoms with Crippen LogP contribution in [-0.4, -0.2) is 21.9 Å². The van der Waals surface area contributed by atoms with Crippen LogP contribution in [0.25, 0.3) is 0 Å². The second-order valence-electron chi connectivity index (χ2n) is 4.77. The Kier molecular flexibility index (Phi) is 4.75. The van der Waals surface area contributed by atoms with Gasteiger partial charge in [0.2, 0.25) is 0 Å². The standard InChI is InChI=1S/C15H15N3O5/c1-9-7-8-17-15(13(9)18(20)21)23-12-5-3-11(4-6-12)22-10(2)14(16)19/h3-8,10H,1-2H3,(H2,16,19). The van der Waals surface area contributed by atoms with Crippen molar-refractivity contribution in [1.82, 2.24) is 4.98 Å². The molecule has 8 heteroatoms. The van der Waals surface area contributed by atoms with Crippen molar-refractivity contribution in [1.29, 1.82) is 0 Å². The number of rotatable bonds is 6. The summed E-state index contributed by atoms with van der Waals surface area (Å²) in [7, 11) is 0. The summed E-state index contributed by atoms with van der Waals surface area (Å²) in [5, 5.41) is 11.1. The summed E-state index contributed by atoms with van der Waals surface area (Å²) in [6.45, 7) is 3.14. The van der Waals surface area contributed by atoms with E-state index in [0.29, 0.717) is 17.1 Å². The van der Waals surface area contributed by atoms with Crippen molar-refractivity contribution >= 4 is 11.6 Å². The van der Waals surface area contributed by atoms with Crippen LogP contribution < -0.4 is 15.2 Å². The van der Waals surface area contributed by atoms with Gasteiger partial charge in [-0.1, -0.05) is 0 Å². The molecule has 1 aromatic heterocycles. The Hall–Kier alpha value is -3.16. The third-order valence-corrected chi connectivity index (χ3v) is 3.03. The second-order valence-corrected chi connectivity index (χ2v) is 4.77. The molecule has 0 radical (unpaired) electrons. The summed E-state index contributed by atoms with van der Waals surface area (Å²) in [6.07, 6.45) is 0.672. The zero-order valence-corrected chi connectivity index (χ0v) is 12.6. The van der Waals surface area contributed by atoms with Crippen LogP contribution in [0.3, 0.4) is 0 Å². The smallest absolute Gasteiger partial charge is 0.334 e. The van der Waals surface area contributed by atoms with Crippen molar-refractivity contribution in [2.45, 2.75) is 20.0 Å². The summed E-state index contributed by atoms with van der Waals surface area (Å²) in [4.78, 5) is 25.4. The number of carbonyl (C=O) groups is 1. The zero-order chi connectivity index (χ0) is 17.0.